The number of rotatable bonds is 1. The lowest BCUT2D eigenvalue weighted by atomic mass is 10.0. The monoisotopic (exact) mass is 382 g/mol. The zero-order valence-corrected chi connectivity index (χ0v) is 16.2. The summed E-state index contributed by atoms with van der Waals surface area (Å²) in [4.78, 5) is 44.2. The number of carbonyl (C=O) groups is 2. The fourth-order valence-electron chi connectivity index (χ4n) is 4.21. The molecule has 1 fully saturated rings. The highest BCUT2D eigenvalue weighted by Crippen LogP contribution is 2.20. The number of nitrogens with zero attached hydrogens (tertiary/aromatic N) is 3. The molecule has 7 heteroatoms. The van der Waals surface area contributed by atoms with Crippen LogP contribution in [0.3, 0.4) is 0 Å². The summed E-state index contributed by atoms with van der Waals surface area (Å²) in [5.74, 6) is -0.332. The van der Waals surface area contributed by atoms with Gasteiger partial charge in [-0.25, -0.2) is 4.98 Å². The van der Waals surface area contributed by atoms with Crippen LogP contribution < -0.4 is 10.9 Å². The van der Waals surface area contributed by atoms with Gasteiger partial charge in [-0.15, -0.1) is 0 Å². The Morgan fingerprint density at radius 3 is 2.75 bits per heavy atom. The van der Waals surface area contributed by atoms with E-state index in [9.17, 15) is 14.4 Å². The number of aromatic nitrogens is 2. The fourth-order valence-corrected chi connectivity index (χ4v) is 4.21. The molecular formula is C21H26N4O3. The molecule has 1 N–H and O–H groups in total. The largest absolute Gasteiger partial charge is 0.332 e. The Balaban J connectivity index is 1.59. The molecule has 7 nitrogen and oxygen atoms in total. The molecular weight excluding hydrogens is 356 g/mol. The second-order valence-electron chi connectivity index (χ2n) is 7.82. The number of anilines is 1. The van der Waals surface area contributed by atoms with Crippen LogP contribution in [0.25, 0.3) is 10.9 Å². The summed E-state index contributed by atoms with van der Waals surface area (Å²) in [6, 6.07) is 5.15. The van der Waals surface area contributed by atoms with Crippen LogP contribution >= 0.6 is 0 Å². The molecule has 2 amide bonds. The number of aryl methyl sites for hydroxylation is 1. The Bertz CT molecular complexity index is 982. The van der Waals surface area contributed by atoms with E-state index in [4.69, 9.17) is 0 Å². The van der Waals surface area contributed by atoms with Crippen molar-refractivity contribution in [2.75, 3.05) is 11.9 Å². The Morgan fingerprint density at radius 2 is 1.93 bits per heavy atom. The van der Waals surface area contributed by atoms with Crippen molar-refractivity contribution >= 4 is 28.4 Å². The van der Waals surface area contributed by atoms with Gasteiger partial charge in [-0.2, -0.15) is 0 Å². The molecule has 1 aromatic heterocycles. The first-order valence-electron chi connectivity index (χ1n) is 10.2. The van der Waals surface area contributed by atoms with Crippen LogP contribution in [0.1, 0.15) is 51.3 Å². The lowest BCUT2D eigenvalue weighted by molar-refractivity contribution is -0.145. The van der Waals surface area contributed by atoms with E-state index < -0.39 is 11.8 Å². The van der Waals surface area contributed by atoms with Crippen molar-refractivity contribution in [2.45, 2.75) is 64.5 Å². The van der Waals surface area contributed by atoms with E-state index in [2.05, 4.69) is 10.3 Å². The van der Waals surface area contributed by atoms with E-state index in [0.29, 0.717) is 29.7 Å². The summed E-state index contributed by atoms with van der Waals surface area (Å²) in [6.07, 6.45) is 6.85. The molecule has 1 atom stereocenters. The number of amides is 2. The summed E-state index contributed by atoms with van der Waals surface area (Å²) >= 11 is 0. The third-order valence-corrected chi connectivity index (χ3v) is 5.83. The molecule has 0 bridgehead atoms. The van der Waals surface area contributed by atoms with Crippen molar-refractivity contribution in [3.63, 3.8) is 0 Å². The summed E-state index contributed by atoms with van der Waals surface area (Å²) in [6.45, 7) is 3.26. The molecule has 2 aliphatic heterocycles. The van der Waals surface area contributed by atoms with Gasteiger partial charge in [0.15, 0.2) is 0 Å². The van der Waals surface area contributed by atoms with Crippen molar-refractivity contribution < 1.29 is 9.59 Å². The van der Waals surface area contributed by atoms with Crippen molar-refractivity contribution in [1.82, 2.24) is 14.5 Å². The zero-order chi connectivity index (χ0) is 19.7. The molecule has 2 aromatic rings. The minimum Gasteiger partial charge on any atom is -0.332 e. The molecule has 28 heavy (non-hydrogen) atoms. The minimum atomic E-state index is -0.657. The van der Waals surface area contributed by atoms with Crippen LogP contribution in [-0.2, 0) is 22.6 Å². The number of hydrogen-bond donors (Lipinski definition) is 1. The van der Waals surface area contributed by atoms with Gasteiger partial charge in [0.1, 0.15) is 5.82 Å². The van der Waals surface area contributed by atoms with Gasteiger partial charge in [-0.05, 0) is 57.2 Å². The molecule has 4 rings (SSSR count). The molecule has 0 radical (unpaired) electrons. The molecule has 0 aliphatic carbocycles. The lowest BCUT2D eigenvalue weighted by Gasteiger charge is -2.32. The Labute approximate surface area is 163 Å². The second-order valence-corrected chi connectivity index (χ2v) is 7.82. The molecule has 0 saturated carbocycles. The van der Waals surface area contributed by atoms with Gasteiger partial charge >= 0.3 is 11.8 Å². The van der Waals surface area contributed by atoms with Gasteiger partial charge in [0.05, 0.1) is 10.9 Å². The molecule has 2 aliphatic rings. The molecule has 148 valence electrons. The first-order valence-corrected chi connectivity index (χ1v) is 10.2. The summed E-state index contributed by atoms with van der Waals surface area (Å²) in [5.41, 5.74) is 1.00. The van der Waals surface area contributed by atoms with Gasteiger partial charge in [0.2, 0.25) is 0 Å². The maximum absolute atomic E-state index is 12.9. The van der Waals surface area contributed by atoms with E-state index >= 15 is 0 Å². The second kappa shape index (κ2) is 7.73. The number of likely N-dealkylation sites (tertiary alicyclic amines) is 1. The number of piperidine rings is 1. The molecule has 1 saturated heterocycles. The van der Waals surface area contributed by atoms with Crippen LogP contribution in [0.4, 0.5) is 5.69 Å². The highest BCUT2D eigenvalue weighted by atomic mass is 16.2. The predicted octanol–water partition coefficient (Wildman–Crippen LogP) is 2.46. The number of benzene rings is 1. The van der Waals surface area contributed by atoms with Gasteiger partial charge < -0.3 is 10.2 Å². The van der Waals surface area contributed by atoms with Crippen LogP contribution in [0, 0.1) is 0 Å². The van der Waals surface area contributed by atoms with E-state index in [0.717, 1.165) is 50.8 Å². The zero-order valence-electron chi connectivity index (χ0n) is 16.2. The third kappa shape index (κ3) is 3.53. The highest BCUT2D eigenvalue weighted by Gasteiger charge is 2.28. The van der Waals surface area contributed by atoms with Gasteiger partial charge in [0, 0.05) is 31.2 Å². The minimum absolute atomic E-state index is 0.0750. The molecule has 1 unspecified atom stereocenters. The van der Waals surface area contributed by atoms with Crippen molar-refractivity contribution in [1.29, 1.82) is 0 Å². The first-order chi connectivity index (χ1) is 13.5. The van der Waals surface area contributed by atoms with Gasteiger partial charge in [-0.1, -0.05) is 6.42 Å². The smallest absolute Gasteiger partial charge is 0.313 e. The first kappa shape index (κ1) is 18.7. The summed E-state index contributed by atoms with van der Waals surface area (Å²) in [5, 5.41) is 3.14. The van der Waals surface area contributed by atoms with Crippen LogP contribution in [0.5, 0.6) is 0 Å². The van der Waals surface area contributed by atoms with E-state index in [1.54, 1.807) is 27.7 Å². The number of fused-ring (bicyclic) bond motifs is 2. The number of hydrogen-bond acceptors (Lipinski definition) is 4. The predicted molar refractivity (Wildman–Crippen MR) is 107 cm³/mol. The van der Waals surface area contributed by atoms with Crippen molar-refractivity contribution in [3.8, 4) is 0 Å². The average molecular weight is 382 g/mol. The van der Waals surface area contributed by atoms with E-state index in [-0.39, 0.29) is 11.6 Å². The maximum atomic E-state index is 12.9. The standard InChI is InChI=1S/C21H26N4O3/c1-14-7-4-6-11-24(14)21(28)19(26)22-15-9-10-17-16(13-15)20(27)25-12-5-2-3-8-18(25)23-17/h9-10,13-14H,2-8,11-12H2,1H3,(H,22,26). The highest BCUT2D eigenvalue weighted by molar-refractivity contribution is 6.39. The number of carbonyl (C=O) groups excluding carboxylic acids is 2. The molecule has 0 spiro atoms. The summed E-state index contributed by atoms with van der Waals surface area (Å²) in [7, 11) is 0. The Morgan fingerprint density at radius 1 is 1.11 bits per heavy atom. The number of nitrogens with one attached hydrogen (secondary N) is 1. The van der Waals surface area contributed by atoms with Gasteiger partial charge in [0.25, 0.3) is 5.56 Å². The van der Waals surface area contributed by atoms with E-state index in [1.165, 1.54) is 0 Å². The molecule has 1 aromatic carbocycles. The quantitative estimate of drug-likeness (QED) is 0.768. The maximum Gasteiger partial charge on any atom is 0.313 e. The van der Waals surface area contributed by atoms with Crippen LogP contribution in [-0.4, -0.2) is 38.9 Å². The Kier molecular flexibility index (Phi) is 5.15. The van der Waals surface area contributed by atoms with E-state index in [1.807, 2.05) is 6.92 Å². The van der Waals surface area contributed by atoms with Crippen molar-refractivity contribution in [2.24, 2.45) is 0 Å². The van der Waals surface area contributed by atoms with Crippen molar-refractivity contribution in [3.05, 3.63) is 34.4 Å². The third-order valence-electron chi connectivity index (χ3n) is 5.83. The average Bonchev–Trinajstić information content (AvgIpc) is 2.94. The molecule has 3 heterocycles. The topological polar surface area (TPSA) is 84.3 Å². The SMILES string of the molecule is CC1CCCCN1C(=O)C(=O)Nc1ccc2nc3n(c(=O)c2c1)CCCCC3. The Hall–Kier alpha value is -2.70. The fraction of sp³-hybridized carbons (Fsp3) is 0.524. The van der Waals surface area contributed by atoms with Crippen LogP contribution in [0.15, 0.2) is 23.0 Å². The lowest BCUT2D eigenvalue weighted by Crippen LogP contribution is -2.47. The summed E-state index contributed by atoms with van der Waals surface area (Å²) < 4.78 is 1.75. The van der Waals surface area contributed by atoms with Crippen LogP contribution in [0.2, 0.25) is 0 Å². The normalized spacial score (nSPS) is 19.8. The van der Waals surface area contributed by atoms with Gasteiger partial charge in [-0.3, -0.25) is 19.0 Å².